The van der Waals surface area contributed by atoms with Gasteiger partial charge in [-0.3, -0.25) is 0 Å². The Morgan fingerprint density at radius 3 is 2.83 bits per heavy atom. The van der Waals surface area contributed by atoms with E-state index in [-0.39, 0.29) is 5.97 Å². The SMILES string of the molecule is COC(=O)C(Nc1ccccc1C)c1nccs1. The van der Waals surface area contributed by atoms with Crippen LogP contribution in [0.1, 0.15) is 16.6 Å². The molecule has 2 aromatic rings. The zero-order chi connectivity index (χ0) is 13.0. The molecule has 94 valence electrons. The van der Waals surface area contributed by atoms with Crippen molar-refractivity contribution in [2.45, 2.75) is 13.0 Å². The Hall–Kier alpha value is -1.88. The second-order valence-corrected chi connectivity index (χ2v) is 4.71. The van der Waals surface area contributed by atoms with Crippen molar-refractivity contribution in [3.8, 4) is 0 Å². The molecule has 0 spiro atoms. The van der Waals surface area contributed by atoms with E-state index < -0.39 is 6.04 Å². The van der Waals surface area contributed by atoms with Crippen molar-refractivity contribution in [1.82, 2.24) is 4.98 Å². The molecule has 1 aromatic carbocycles. The van der Waals surface area contributed by atoms with Crippen LogP contribution in [0.5, 0.6) is 0 Å². The largest absolute Gasteiger partial charge is 0.467 e. The number of nitrogens with zero attached hydrogens (tertiary/aromatic N) is 1. The van der Waals surface area contributed by atoms with Crippen molar-refractivity contribution in [2.75, 3.05) is 12.4 Å². The highest BCUT2D eigenvalue weighted by Crippen LogP contribution is 2.24. The molecular weight excluding hydrogens is 248 g/mol. The topological polar surface area (TPSA) is 51.2 Å². The van der Waals surface area contributed by atoms with E-state index in [4.69, 9.17) is 4.74 Å². The fourth-order valence-corrected chi connectivity index (χ4v) is 2.28. The van der Waals surface area contributed by atoms with E-state index in [0.29, 0.717) is 5.01 Å². The number of para-hydroxylation sites is 1. The minimum Gasteiger partial charge on any atom is -0.467 e. The predicted octanol–water partition coefficient (Wildman–Crippen LogP) is 2.78. The summed E-state index contributed by atoms with van der Waals surface area (Å²) in [7, 11) is 1.38. The van der Waals surface area contributed by atoms with Gasteiger partial charge in [-0.25, -0.2) is 9.78 Å². The number of rotatable bonds is 4. The van der Waals surface area contributed by atoms with Gasteiger partial charge in [0, 0.05) is 17.3 Å². The van der Waals surface area contributed by atoms with Gasteiger partial charge >= 0.3 is 5.97 Å². The first-order chi connectivity index (χ1) is 8.72. The summed E-state index contributed by atoms with van der Waals surface area (Å²) in [4.78, 5) is 16.0. The molecule has 4 nitrogen and oxygen atoms in total. The number of anilines is 1. The second-order valence-electron chi connectivity index (χ2n) is 3.79. The first-order valence-electron chi connectivity index (χ1n) is 5.51. The first kappa shape index (κ1) is 12.6. The zero-order valence-electron chi connectivity index (χ0n) is 10.2. The van der Waals surface area contributed by atoms with Gasteiger partial charge in [0.1, 0.15) is 5.01 Å². The first-order valence-corrected chi connectivity index (χ1v) is 6.39. The quantitative estimate of drug-likeness (QED) is 0.861. The molecule has 1 unspecified atom stereocenters. The number of carbonyl (C=O) groups excluding carboxylic acids is 1. The lowest BCUT2D eigenvalue weighted by molar-refractivity contribution is -0.141. The number of methoxy groups -OCH3 is 1. The molecule has 0 saturated carbocycles. The molecule has 18 heavy (non-hydrogen) atoms. The van der Waals surface area contributed by atoms with Gasteiger partial charge in [0.05, 0.1) is 7.11 Å². The van der Waals surface area contributed by atoms with Crippen LogP contribution in [0, 0.1) is 6.92 Å². The van der Waals surface area contributed by atoms with E-state index in [2.05, 4.69) is 10.3 Å². The summed E-state index contributed by atoms with van der Waals surface area (Å²) in [6, 6.07) is 7.23. The fraction of sp³-hybridized carbons (Fsp3) is 0.231. The van der Waals surface area contributed by atoms with Crippen LogP contribution >= 0.6 is 11.3 Å². The summed E-state index contributed by atoms with van der Waals surface area (Å²) in [6.07, 6.45) is 1.68. The predicted molar refractivity (Wildman–Crippen MR) is 71.7 cm³/mol. The van der Waals surface area contributed by atoms with Gasteiger partial charge in [0.15, 0.2) is 6.04 Å². The fourth-order valence-electron chi connectivity index (χ4n) is 1.61. The van der Waals surface area contributed by atoms with E-state index in [1.165, 1.54) is 18.4 Å². The summed E-state index contributed by atoms with van der Waals surface area (Å²) < 4.78 is 4.81. The Kier molecular flexibility index (Phi) is 3.94. The van der Waals surface area contributed by atoms with E-state index >= 15 is 0 Å². The van der Waals surface area contributed by atoms with Crippen molar-refractivity contribution in [1.29, 1.82) is 0 Å². The van der Waals surface area contributed by atoms with Crippen LogP contribution in [0.3, 0.4) is 0 Å². The molecule has 1 heterocycles. The minimum atomic E-state index is -0.559. The van der Waals surface area contributed by atoms with Gasteiger partial charge in [-0.2, -0.15) is 0 Å². The summed E-state index contributed by atoms with van der Waals surface area (Å²) in [5.41, 5.74) is 1.98. The van der Waals surface area contributed by atoms with Crippen molar-refractivity contribution >= 4 is 23.0 Å². The molecular formula is C13H14N2O2S. The third-order valence-corrected chi connectivity index (χ3v) is 3.42. The minimum absolute atomic E-state index is 0.340. The lowest BCUT2D eigenvalue weighted by atomic mass is 10.2. The van der Waals surface area contributed by atoms with Crippen LogP contribution in [0.2, 0.25) is 0 Å². The smallest absolute Gasteiger partial charge is 0.335 e. The van der Waals surface area contributed by atoms with Crippen molar-refractivity contribution in [3.63, 3.8) is 0 Å². The number of hydrogen-bond acceptors (Lipinski definition) is 5. The highest BCUT2D eigenvalue weighted by molar-refractivity contribution is 7.09. The van der Waals surface area contributed by atoms with Gasteiger partial charge in [0.2, 0.25) is 0 Å². The number of carbonyl (C=O) groups is 1. The average Bonchev–Trinajstić information content (AvgIpc) is 2.90. The Morgan fingerprint density at radius 2 is 2.22 bits per heavy atom. The van der Waals surface area contributed by atoms with E-state index in [0.717, 1.165) is 11.3 Å². The summed E-state index contributed by atoms with van der Waals surface area (Å²) in [6.45, 7) is 1.98. The van der Waals surface area contributed by atoms with Crippen molar-refractivity contribution in [2.24, 2.45) is 0 Å². The van der Waals surface area contributed by atoms with Crippen molar-refractivity contribution in [3.05, 3.63) is 46.4 Å². The highest BCUT2D eigenvalue weighted by atomic mass is 32.1. The van der Waals surface area contributed by atoms with Crippen molar-refractivity contribution < 1.29 is 9.53 Å². The Balaban J connectivity index is 2.26. The Labute approximate surface area is 110 Å². The second kappa shape index (κ2) is 5.64. The number of benzene rings is 1. The Bertz CT molecular complexity index is 526. The van der Waals surface area contributed by atoms with Gasteiger partial charge in [-0.05, 0) is 18.6 Å². The molecule has 0 bridgehead atoms. The molecule has 0 saturated heterocycles. The molecule has 0 radical (unpaired) electrons. The lowest BCUT2D eigenvalue weighted by Gasteiger charge is -2.16. The standard InChI is InChI=1S/C13H14N2O2S/c1-9-5-3-4-6-10(9)15-11(13(16)17-2)12-14-7-8-18-12/h3-8,11,15H,1-2H3. The molecule has 0 fully saturated rings. The monoisotopic (exact) mass is 262 g/mol. The molecule has 0 aliphatic carbocycles. The van der Waals surface area contributed by atoms with Gasteiger partial charge in [0.25, 0.3) is 0 Å². The van der Waals surface area contributed by atoms with E-state index in [9.17, 15) is 4.79 Å². The third kappa shape index (κ3) is 2.68. The molecule has 0 amide bonds. The number of thiazole rings is 1. The number of aromatic nitrogens is 1. The molecule has 1 aromatic heterocycles. The summed E-state index contributed by atoms with van der Waals surface area (Å²) >= 11 is 1.43. The Morgan fingerprint density at radius 1 is 1.44 bits per heavy atom. The van der Waals surface area contributed by atoms with Crippen LogP contribution in [-0.2, 0) is 9.53 Å². The summed E-state index contributed by atoms with van der Waals surface area (Å²) in [5, 5.41) is 5.71. The van der Waals surface area contributed by atoms with Crippen LogP contribution < -0.4 is 5.32 Å². The number of nitrogens with one attached hydrogen (secondary N) is 1. The molecule has 0 aliphatic rings. The third-order valence-electron chi connectivity index (χ3n) is 2.58. The maximum Gasteiger partial charge on any atom is 0.335 e. The molecule has 1 N–H and O–H groups in total. The zero-order valence-corrected chi connectivity index (χ0v) is 11.0. The van der Waals surface area contributed by atoms with Gasteiger partial charge < -0.3 is 10.1 Å². The van der Waals surface area contributed by atoms with Gasteiger partial charge in [-0.15, -0.1) is 11.3 Å². The molecule has 5 heteroatoms. The number of esters is 1. The molecule has 1 atom stereocenters. The number of ether oxygens (including phenoxy) is 1. The molecule has 0 aliphatic heterocycles. The van der Waals surface area contributed by atoms with E-state index in [1.807, 2.05) is 36.6 Å². The normalized spacial score (nSPS) is 11.9. The number of aryl methyl sites for hydroxylation is 1. The van der Waals surface area contributed by atoms with Crippen LogP contribution in [0.25, 0.3) is 0 Å². The maximum atomic E-state index is 11.8. The van der Waals surface area contributed by atoms with E-state index in [1.54, 1.807) is 6.20 Å². The highest BCUT2D eigenvalue weighted by Gasteiger charge is 2.24. The lowest BCUT2D eigenvalue weighted by Crippen LogP contribution is -2.22. The van der Waals surface area contributed by atoms with Crippen LogP contribution in [0.4, 0.5) is 5.69 Å². The molecule has 2 rings (SSSR count). The van der Waals surface area contributed by atoms with Crippen LogP contribution in [-0.4, -0.2) is 18.1 Å². The summed E-state index contributed by atoms with van der Waals surface area (Å²) in [5.74, 6) is -0.340. The van der Waals surface area contributed by atoms with Gasteiger partial charge in [-0.1, -0.05) is 18.2 Å². The maximum absolute atomic E-state index is 11.8. The average molecular weight is 262 g/mol. The van der Waals surface area contributed by atoms with Crippen LogP contribution in [0.15, 0.2) is 35.8 Å². The number of hydrogen-bond donors (Lipinski definition) is 1.